The molecule has 70 heavy (non-hydrogen) atoms. The molecule has 416 valence electrons. The van der Waals surface area contributed by atoms with E-state index in [4.69, 9.17) is 14.2 Å². The Hall–Kier alpha value is -1.59. The van der Waals surface area contributed by atoms with Crippen LogP contribution in [0.2, 0.25) is 0 Å². The molecule has 6 heteroatoms. The average Bonchev–Trinajstić information content (AvgIpc) is 3.36. The third-order valence-corrected chi connectivity index (χ3v) is 14.9. The first-order valence-corrected chi connectivity index (χ1v) is 32.0. The molecule has 0 spiro atoms. The van der Waals surface area contributed by atoms with Crippen molar-refractivity contribution in [2.75, 3.05) is 13.2 Å². The Bertz CT molecular complexity index is 1040. The topological polar surface area (TPSA) is 78.9 Å². The lowest BCUT2D eigenvalue weighted by Gasteiger charge is -2.18. The van der Waals surface area contributed by atoms with Crippen molar-refractivity contribution >= 4 is 17.9 Å². The molecule has 1 atom stereocenters. The van der Waals surface area contributed by atoms with Crippen LogP contribution in [0, 0.1) is 0 Å². The lowest BCUT2D eigenvalue weighted by Crippen LogP contribution is -2.30. The molecular weight excluding hydrogens is 865 g/mol. The van der Waals surface area contributed by atoms with Gasteiger partial charge in [0.25, 0.3) is 0 Å². The zero-order chi connectivity index (χ0) is 50.7. The van der Waals surface area contributed by atoms with Gasteiger partial charge in [0.1, 0.15) is 13.2 Å². The molecule has 0 saturated carbocycles. The van der Waals surface area contributed by atoms with Crippen LogP contribution < -0.4 is 0 Å². The van der Waals surface area contributed by atoms with Crippen molar-refractivity contribution in [1.29, 1.82) is 0 Å². The van der Waals surface area contributed by atoms with Gasteiger partial charge in [0.05, 0.1) is 0 Å². The minimum absolute atomic E-state index is 0.0630. The molecule has 0 rings (SSSR count). The van der Waals surface area contributed by atoms with Gasteiger partial charge < -0.3 is 14.2 Å². The van der Waals surface area contributed by atoms with Crippen LogP contribution in [0.5, 0.6) is 0 Å². The lowest BCUT2D eigenvalue weighted by molar-refractivity contribution is -0.167. The SMILES string of the molecule is CCCCCCCCCCCCCCCCCCCCCCCCCCCCCCCCCCCCCC(=O)OCC(COC(=O)CCCCCCC)OC(=O)CCCCCCCCCCCCCC. The molecule has 0 amide bonds. The third-order valence-electron chi connectivity index (χ3n) is 14.9. The maximum Gasteiger partial charge on any atom is 0.306 e. The Kier molecular flexibility index (Phi) is 58.6. The maximum atomic E-state index is 12.7. The van der Waals surface area contributed by atoms with Crippen molar-refractivity contribution in [2.45, 2.75) is 380 Å². The van der Waals surface area contributed by atoms with E-state index in [1.807, 2.05) is 0 Å². The summed E-state index contributed by atoms with van der Waals surface area (Å²) in [5.74, 6) is -0.854. The van der Waals surface area contributed by atoms with Crippen molar-refractivity contribution in [3.8, 4) is 0 Å². The van der Waals surface area contributed by atoms with Gasteiger partial charge in [-0.15, -0.1) is 0 Å². The molecule has 0 aromatic rings. The zero-order valence-electron chi connectivity index (χ0n) is 47.8. The van der Waals surface area contributed by atoms with E-state index >= 15 is 0 Å². The highest BCUT2D eigenvalue weighted by atomic mass is 16.6. The average molecular weight is 990 g/mol. The van der Waals surface area contributed by atoms with Gasteiger partial charge in [0, 0.05) is 19.3 Å². The number of unbranched alkanes of at least 4 members (excludes halogenated alkanes) is 49. The van der Waals surface area contributed by atoms with Gasteiger partial charge in [0.15, 0.2) is 6.10 Å². The smallest absolute Gasteiger partial charge is 0.306 e. The minimum atomic E-state index is -0.759. The van der Waals surface area contributed by atoms with Crippen molar-refractivity contribution in [1.82, 2.24) is 0 Å². The fourth-order valence-corrected chi connectivity index (χ4v) is 10.0. The summed E-state index contributed by atoms with van der Waals surface area (Å²) in [5.41, 5.74) is 0. The number of carbonyl (C=O) groups excluding carboxylic acids is 3. The predicted octanol–water partition coefficient (Wildman–Crippen LogP) is 21.5. The van der Waals surface area contributed by atoms with Crippen LogP contribution in [0.15, 0.2) is 0 Å². The Balaban J connectivity index is 3.76. The summed E-state index contributed by atoms with van der Waals surface area (Å²) in [5, 5.41) is 0. The Labute approximate surface area is 438 Å². The molecule has 0 radical (unpaired) electrons. The van der Waals surface area contributed by atoms with Crippen LogP contribution in [-0.4, -0.2) is 37.2 Å². The molecule has 0 N–H and O–H groups in total. The number of hydrogen-bond donors (Lipinski definition) is 0. The maximum absolute atomic E-state index is 12.7. The summed E-state index contributed by atoms with van der Waals surface area (Å²) in [4.78, 5) is 37.7. The van der Waals surface area contributed by atoms with Crippen LogP contribution in [0.1, 0.15) is 374 Å². The fraction of sp³-hybridized carbons (Fsp3) is 0.953. The Morgan fingerprint density at radius 2 is 0.386 bits per heavy atom. The molecule has 0 saturated heterocycles. The second-order valence-corrected chi connectivity index (χ2v) is 22.1. The third kappa shape index (κ3) is 57.3. The fourth-order valence-electron chi connectivity index (χ4n) is 10.0. The normalized spacial score (nSPS) is 11.9. The molecule has 6 nitrogen and oxygen atoms in total. The molecule has 0 aliphatic carbocycles. The van der Waals surface area contributed by atoms with Crippen LogP contribution in [0.25, 0.3) is 0 Å². The van der Waals surface area contributed by atoms with Crippen LogP contribution in [0.4, 0.5) is 0 Å². The number of ether oxygens (including phenoxy) is 3. The lowest BCUT2D eigenvalue weighted by atomic mass is 10.0. The second-order valence-electron chi connectivity index (χ2n) is 22.1. The van der Waals surface area contributed by atoms with E-state index in [0.29, 0.717) is 19.3 Å². The molecule has 0 aliphatic heterocycles. The van der Waals surface area contributed by atoms with Crippen LogP contribution in [-0.2, 0) is 28.6 Å². The van der Waals surface area contributed by atoms with Crippen molar-refractivity contribution < 1.29 is 28.6 Å². The van der Waals surface area contributed by atoms with E-state index in [1.54, 1.807) is 0 Å². The standard InChI is InChI=1S/C64H124O6/c1-4-7-10-13-15-17-19-21-22-23-24-25-26-27-28-29-30-31-32-33-34-35-36-37-38-39-40-41-42-43-45-46-48-51-54-57-63(66)69-60-61(59-68-62(65)56-53-50-12-9-6-3)70-64(67)58-55-52-49-47-44-20-18-16-14-11-8-5-2/h61H,4-60H2,1-3H3. The van der Waals surface area contributed by atoms with Crippen molar-refractivity contribution in [3.63, 3.8) is 0 Å². The zero-order valence-corrected chi connectivity index (χ0v) is 47.8. The molecule has 0 aromatic heterocycles. The molecule has 1 unspecified atom stereocenters. The Morgan fingerprint density at radius 1 is 0.229 bits per heavy atom. The number of rotatable bonds is 60. The van der Waals surface area contributed by atoms with Gasteiger partial charge >= 0.3 is 17.9 Å². The summed E-state index contributed by atoms with van der Waals surface area (Å²) in [6.45, 7) is 6.61. The van der Waals surface area contributed by atoms with E-state index in [0.717, 1.165) is 64.2 Å². The van der Waals surface area contributed by atoms with Crippen molar-refractivity contribution in [3.05, 3.63) is 0 Å². The van der Waals surface area contributed by atoms with Gasteiger partial charge in [0.2, 0.25) is 0 Å². The first-order chi connectivity index (χ1) is 34.5. The van der Waals surface area contributed by atoms with Gasteiger partial charge in [-0.05, 0) is 19.3 Å². The summed E-state index contributed by atoms with van der Waals surface area (Å²) in [6, 6.07) is 0. The van der Waals surface area contributed by atoms with E-state index in [2.05, 4.69) is 20.8 Å². The first kappa shape index (κ1) is 68.4. The summed E-state index contributed by atoms with van der Waals surface area (Å²) in [6.07, 6.45) is 69.1. The molecular formula is C64H124O6. The van der Waals surface area contributed by atoms with Crippen LogP contribution >= 0.6 is 0 Å². The highest BCUT2D eigenvalue weighted by Crippen LogP contribution is 2.19. The van der Waals surface area contributed by atoms with Crippen molar-refractivity contribution in [2.24, 2.45) is 0 Å². The van der Waals surface area contributed by atoms with E-state index in [-0.39, 0.29) is 31.1 Å². The van der Waals surface area contributed by atoms with Gasteiger partial charge in [-0.2, -0.15) is 0 Å². The highest BCUT2D eigenvalue weighted by molar-refractivity contribution is 5.71. The van der Waals surface area contributed by atoms with E-state index in [9.17, 15) is 14.4 Å². The number of hydrogen-bond acceptors (Lipinski definition) is 6. The predicted molar refractivity (Wildman–Crippen MR) is 303 cm³/mol. The summed E-state index contributed by atoms with van der Waals surface area (Å²) in [7, 11) is 0. The molecule has 0 aromatic carbocycles. The quantitative estimate of drug-likeness (QED) is 0.0343. The van der Waals surface area contributed by atoms with Gasteiger partial charge in [-0.3, -0.25) is 14.4 Å². The molecule has 0 bridgehead atoms. The Morgan fingerprint density at radius 3 is 0.571 bits per heavy atom. The summed E-state index contributed by atoms with van der Waals surface area (Å²) >= 11 is 0. The number of esters is 3. The number of carbonyl (C=O) groups is 3. The minimum Gasteiger partial charge on any atom is -0.462 e. The van der Waals surface area contributed by atoms with Gasteiger partial charge in [-0.1, -0.05) is 335 Å². The molecule has 0 fully saturated rings. The second kappa shape index (κ2) is 60.0. The molecule has 0 aliphatic rings. The first-order valence-electron chi connectivity index (χ1n) is 32.0. The highest BCUT2D eigenvalue weighted by Gasteiger charge is 2.19. The molecule has 0 heterocycles. The van der Waals surface area contributed by atoms with Crippen LogP contribution in [0.3, 0.4) is 0 Å². The largest absolute Gasteiger partial charge is 0.462 e. The summed E-state index contributed by atoms with van der Waals surface area (Å²) < 4.78 is 16.7. The van der Waals surface area contributed by atoms with E-state index in [1.165, 1.54) is 270 Å². The monoisotopic (exact) mass is 989 g/mol. The van der Waals surface area contributed by atoms with Gasteiger partial charge in [-0.25, -0.2) is 0 Å². The van der Waals surface area contributed by atoms with E-state index < -0.39 is 6.10 Å².